The quantitative estimate of drug-likeness (QED) is 0.666. The summed E-state index contributed by atoms with van der Waals surface area (Å²) in [6, 6.07) is 7.12. The summed E-state index contributed by atoms with van der Waals surface area (Å²) in [5, 5.41) is 11.5. The number of rotatable bonds is 7. The van der Waals surface area contributed by atoms with Crippen LogP contribution in [-0.2, 0) is 9.59 Å². The average Bonchev–Trinajstić information content (AvgIpc) is 2.37. The van der Waals surface area contributed by atoms with Crippen LogP contribution >= 0.6 is 0 Å². The minimum absolute atomic E-state index is 0.0432. The monoisotopic (exact) mass is 278 g/mol. The molecule has 110 valence electrons. The highest BCUT2D eigenvalue weighted by Crippen LogP contribution is 2.20. The molecule has 20 heavy (non-hydrogen) atoms. The predicted molar refractivity (Wildman–Crippen MR) is 78.4 cm³/mol. The number of hydrogen-bond acceptors (Lipinski definition) is 3. The Balaban J connectivity index is 2.52. The molecule has 2 unspecified atom stereocenters. The second-order valence-corrected chi connectivity index (χ2v) is 5.04. The van der Waals surface area contributed by atoms with Gasteiger partial charge in [0.25, 0.3) is 0 Å². The molecule has 1 amide bonds. The van der Waals surface area contributed by atoms with Gasteiger partial charge in [-0.3, -0.25) is 9.59 Å². The van der Waals surface area contributed by atoms with Crippen molar-refractivity contribution in [2.75, 3.05) is 5.73 Å². The Morgan fingerprint density at radius 3 is 2.35 bits per heavy atom. The number of carboxylic acids is 1. The Kier molecular flexibility index (Phi) is 6.03. The molecule has 2 atom stereocenters. The number of carbonyl (C=O) groups is 2. The number of nitrogens with two attached hydrogens (primary N) is 1. The topological polar surface area (TPSA) is 92.4 Å². The van der Waals surface area contributed by atoms with Crippen molar-refractivity contribution in [3.8, 4) is 0 Å². The molecule has 0 spiro atoms. The van der Waals surface area contributed by atoms with E-state index in [4.69, 9.17) is 10.8 Å². The molecule has 0 aliphatic rings. The van der Waals surface area contributed by atoms with Crippen LogP contribution in [0.15, 0.2) is 24.3 Å². The van der Waals surface area contributed by atoms with E-state index in [-0.39, 0.29) is 24.3 Å². The van der Waals surface area contributed by atoms with Gasteiger partial charge in [0.05, 0.1) is 6.42 Å². The Labute approximate surface area is 119 Å². The zero-order chi connectivity index (χ0) is 15.1. The number of nitrogens with one attached hydrogen (secondary N) is 1. The fourth-order valence-electron chi connectivity index (χ4n) is 2.02. The third kappa shape index (κ3) is 5.30. The number of aliphatic carboxylic acids is 1. The summed E-state index contributed by atoms with van der Waals surface area (Å²) >= 11 is 0. The van der Waals surface area contributed by atoms with Crippen LogP contribution in [0, 0.1) is 0 Å². The van der Waals surface area contributed by atoms with Crippen LogP contribution < -0.4 is 11.1 Å². The zero-order valence-electron chi connectivity index (χ0n) is 11.9. The molecule has 0 saturated heterocycles. The van der Waals surface area contributed by atoms with Crippen molar-refractivity contribution in [3.63, 3.8) is 0 Å². The minimum Gasteiger partial charge on any atom is -0.481 e. The Hall–Kier alpha value is -2.04. The number of carbonyl (C=O) groups excluding carboxylic acids is 1. The summed E-state index contributed by atoms with van der Waals surface area (Å²) in [5.41, 5.74) is 7.36. The van der Waals surface area contributed by atoms with Crippen molar-refractivity contribution in [2.24, 2.45) is 0 Å². The number of benzene rings is 1. The van der Waals surface area contributed by atoms with Crippen molar-refractivity contribution >= 4 is 17.6 Å². The molecule has 1 rings (SSSR count). The van der Waals surface area contributed by atoms with Crippen molar-refractivity contribution in [1.29, 1.82) is 0 Å². The lowest BCUT2D eigenvalue weighted by molar-refractivity contribution is -0.137. The van der Waals surface area contributed by atoms with Crippen LogP contribution in [0.3, 0.4) is 0 Å². The van der Waals surface area contributed by atoms with Gasteiger partial charge in [-0.15, -0.1) is 0 Å². The van der Waals surface area contributed by atoms with Crippen LogP contribution in [0.2, 0.25) is 0 Å². The van der Waals surface area contributed by atoms with Crippen LogP contribution in [0.1, 0.15) is 44.6 Å². The van der Waals surface area contributed by atoms with Gasteiger partial charge in [0.2, 0.25) is 5.91 Å². The normalized spacial score (nSPS) is 13.5. The van der Waals surface area contributed by atoms with E-state index in [0.29, 0.717) is 18.5 Å². The fraction of sp³-hybridized carbons (Fsp3) is 0.467. The van der Waals surface area contributed by atoms with E-state index in [9.17, 15) is 9.59 Å². The van der Waals surface area contributed by atoms with Gasteiger partial charge in [0, 0.05) is 18.2 Å². The molecule has 0 fully saturated rings. The van der Waals surface area contributed by atoms with E-state index < -0.39 is 5.97 Å². The molecular weight excluding hydrogens is 256 g/mol. The molecule has 1 aromatic rings. The Bertz CT molecular complexity index is 457. The smallest absolute Gasteiger partial charge is 0.305 e. The van der Waals surface area contributed by atoms with E-state index in [1.807, 2.05) is 38.1 Å². The highest BCUT2D eigenvalue weighted by Gasteiger charge is 2.16. The first-order valence-corrected chi connectivity index (χ1v) is 6.79. The molecule has 0 aromatic heterocycles. The summed E-state index contributed by atoms with van der Waals surface area (Å²) in [7, 11) is 0. The van der Waals surface area contributed by atoms with Crippen LogP contribution in [0.25, 0.3) is 0 Å². The maximum absolute atomic E-state index is 11.9. The standard InChI is InChI=1S/C15H22N2O3/c1-3-13(9-15(19)20)17-14(18)8-10(2)11-4-6-12(16)7-5-11/h4-7,10,13H,3,8-9,16H2,1-2H3,(H,17,18)(H,19,20). The van der Waals surface area contributed by atoms with Gasteiger partial charge in [-0.2, -0.15) is 0 Å². The zero-order valence-corrected chi connectivity index (χ0v) is 11.9. The number of amides is 1. The van der Waals surface area contributed by atoms with Crippen molar-refractivity contribution in [3.05, 3.63) is 29.8 Å². The lowest BCUT2D eigenvalue weighted by Gasteiger charge is -2.17. The largest absolute Gasteiger partial charge is 0.481 e. The number of carboxylic acid groups (broad SMARTS) is 1. The summed E-state index contributed by atoms with van der Waals surface area (Å²) < 4.78 is 0. The molecule has 0 heterocycles. The molecule has 0 bridgehead atoms. The third-order valence-electron chi connectivity index (χ3n) is 3.28. The maximum Gasteiger partial charge on any atom is 0.305 e. The molecule has 5 nitrogen and oxygen atoms in total. The van der Waals surface area contributed by atoms with Gasteiger partial charge in [0.15, 0.2) is 0 Å². The summed E-state index contributed by atoms with van der Waals surface area (Å²) in [4.78, 5) is 22.6. The Morgan fingerprint density at radius 2 is 1.85 bits per heavy atom. The fourth-order valence-corrected chi connectivity index (χ4v) is 2.02. The summed E-state index contributed by atoms with van der Waals surface area (Å²) in [6.45, 7) is 3.82. The number of nitrogen functional groups attached to an aromatic ring is 1. The first-order chi connectivity index (χ1) is 9.42. The van der Waals surface area contributed by atoms with E-state index in [0.717, 1.165) is 5.56 Å². The van der Waals surface area contributed by atoms with Crippen molar-refractivity contribution < 1.29 is 14.7 Å². The van der Waals surface area contributed by atoms with Gasteiger partial charge >= 0.3 is 5.97 Å². The van der Waals surface area contributed by atoms with E-state index in [1.54, 1.807) is 0 Å². The minimum atomic E-state index is -0.899. The molecular formula is C15H22N2O3. The first kappa shape index (κ1) is 16.0. The molecule has 0 saturated carbocycles. The van der Waals surface area contributed by atoms with Crippen LogP contribution in [0.5, 0.6) is 0 Å². The van der Waals surface area contributed by atoms with E-state index in [2.05, 4.69) is 5.32 Å². The lowest BCUT2D eigenvalue weighted by Crippen LogP contribution is -2.36. The Morgan fingerprint density at radius 1 is 1.25 bits per heavy atom. The SMILES string of the molecule is CCC(CC(=O)O)NC(=O)CC(C)c1ccc(N)cc1. The van der Waals surface area contributed by atoms with Gasteiger partial charge in [-0.05, 0) is 30.0 Å². The molecule has 5 heteroatoms. The van der Waals surface area contributed by atoms with Crippen LogP contribution in [0.4, 0.5) is 5.69 Å². The molecule has 0 aliphatic heterocycles. The first-order valence-electron chi connectivity index (χ1n) is 6.79. The second-order valence-electron chi connectivity index (χ2n) is 5.04. The number of anilines is 1. The second kappa shape index (κ2) is 7.53. The lowest BCUT2D eigenvalue weighted by atomic mass is 9.97. The van der Waals surface area contributed by atoms with E-state index >= 15 is 0 Å². The van der Waals surface area contributed by atoms with Gasteiger partial charge < -0.3 is 16.2 Å². The molecule has 1 aromatic carbocycles. The van der Waals surface area contributed by atoms with Crippen LogP contribution in [-0.4, -0.2) is 23.0 Å². The maximum atomic E-state index is 11.9. The molecule has 0 radical (unpaired) electrons. The predicted octanol–water partition coefficient (Wildman–Crippen LogP) is 2.13. The molecule has 4 N–H and O–H groups in total. The molecule has 0 aliphatic carbocycles. The highest BCUT2D eigenvalue weighted by atomic mass is 16.4. The average molecular weight is 278 g/mol. The van der Waals surface area contributed by atoms with Gasteiger partial charge in [-0.25, -0.2) is 0 Å². The van der Waals surface area contributed by atoms with Crippen molar-refractivity contribution in [1.82, 2.24) is 5.32 Å². The van der Waals surface area contributed by atoms with E-state index in [1.165, 1.54) is 0 Å². The highest BCUT2D eigenvalue weighted by molar-refractivity contribution is 5.78. The third-order valence-corrected chi connectivity index (χ3v) is 3.28. The number of hydrogen-bond donors (Lipinski definition) is 3. The summed E-state index contributed by atoms with van der Waals surface area (Å²) in [5.74, 6) is -0.955. The summed E-state index contributed by atoms with van der Waals surface area (Å²) in [6.07, 6.45) is 0.896. The van der Waals surface area contributed by atoms with Gasteiger partial charge in [-0.1, -0.05) is 26.0 Å². The van der Waals surface area contributed by atoms with Crippen molar-refractivity contribution in [2.45, 2.75) is 45.1 Å². The van der Waals surface area contributed by atoms with Gasteiger partial charge in [0.1, 0.15) is 0 Å².